The zero-order valence-electron chi connectivity index (χ0n) is 13.4. The molecule has 0 atom stereocenters. The number of aromatic carboxylic acids is 1. The molecule has 1 heterocycles. The number of halogens is 1. The van der Waals surface area contributed by atoms with Crippen LogP contribution in [0.1, 0.15) is 29.8 Å². The predicted octanol–water partition coefficient (Wildman–Crippen LogP) is 2.95. The summed E-state index contributed by atoms with van der Waals surface area (Å²) in [5, 5.41) is 9.61. The molecule has 124 valence electrons. The normalized spacial score (nSPS) is 14.9. The maximum atomic E-state index is 11.2. The Hall–Kier alpha value is -1.30. The minimum Gasteiger partial charge on any atom is -0.496 e. The summed E-state index contributed by atoms with van der Waals surface area (Å²) in [6, 6.07) is 3.19. The van der Waals surface area contributed by atoms with Crippen LogP contribution >= 0.6 is 11.6 Å². The molecule has 0 saturated carbocycles. The quantitative estimate of drug-likeness (QED) is 0.900. The predicted molar refractivity (Wildman–Crippen MR) is 87.3 cm³/mol. The first-order chi connectivity index (χ1) is 10.6. The standard InChI is InChI=1S/C14H18ClNO4.C2H6/c1-19-13-10(2-3-16-4-6-20-7-5-16)8-11(15)9-12(13)14(17)18;1-2/h8-9H,2-7H2,1H3,(H,17,18);1-2H3. The molecule has 0 amide bonds. The molecule has 1 aromatic rings. The second-order valence-corrected chi connectivity index (χ2v) is 5.09. The van der Waals surface area contributed by atoms with Crippen molar-refractivity contribution >= 4 is 17.6 Å². The fourth-order valence-electron chi connectivity index (χ4n) is 2.34. The number of nitrogens with zero attached hydrogens (tertiary/aromatic N) is 1. The number of hydrogen-bond acceptors (Lipinski definition) is 4. The number of hydrogen-bond donors (Lipinski definition) is 1. The van der Waals surface area contributed by atoms with Crippen LogP contribution < -0.4 is 4.74 Å². The van der Waals surface area contributed by atoms with Crippen LogP contribution in [0.4, 0.5) is 0 Å². The molecule has 1 aromatic carbocycles. The molecule has 2 rings (SSSR count). The average molecular weight is 330 g/mol. The van der Waals surface area contributed by atoms with Crippen LogP contribution in [0, 0.1) is 0 Å². The van der Waals surface area contributed by atoms with Crippen molar-refractivity contribution in [1.82, 2.24) is 4.90 Å². The highest BCUT2D eigenvalue weighted by molar-refractivity contribution is 6.31. The molecule has 0 unspecified atom stereocenters. The van der Waals surface area contributed by atoms with Gasteiger partial charge in [-0.1, -0.05) is 25.4 Å². The van der Waals surface area contributed by atoms with Crippen LogP contribution in [0.3, 0.4) is 0 Å². The van der Waals surface area contributed by atoms with Crippen molar-refractivity contribution in [3.63, 3.8) is 0 Å². The number of benzene rings is 1. The first kappa shape index (κ1) is 18.7. The molecule has 0 aromatic heterocycles. The number of morpholine rings is 1. The van der Waals surface area contributed by atoms with E-state index in [0.717, 1.165) is 38.4 Å². The van der Waals surface area contributed by atoms with Crippen molar-refractivity contribution in [1.29, 1.82) is 0 Å². The molecule has 22 heavy (non-hydrogen) atoms. The molecule has 0 radical (unpaired) electrons. The second-order valence-electron chi connectivity index (χ2n) is 4.65. The molecule has 6 heteroatoms. The lowest BCUT2D eigenvalue weighted by Gasteiger charge is -2.26. The maximum absolute atomic E-state index is 11.2. The third-order valence-electron chi connectivity index (χ3n) is 3.37. The largest absolute Gasteiger partial charge is 0.496 e. The number of carbonyl (C=O) groups is 1. The minimum absolute atomic E-state index is 0.108. The summed E-state index contributed by atoms with van der Waals surface area (Å²) in [4.78, 5) is 13.5. The van der Waals surface area contributed by atoms with Gasteiger partial charge in [-0.25, -0.2) is 4.79 Å². The fraction of sp³-hybridized carbons (Fsp3) is 0.562. The lowest BCUT2D eigenvalue weighted by atomic mass is 10.1. The Balaban J connectivity index is 0.00000116. The molecule has 0 bridgehead atoms. The lowest BCUT2D eigenvalue weighted by Crippen LogP contribution is -2.37. The molecule has 5 nitrogen and oxygen atoms in total. The summed E-state index contributed by atoms with van der Waals surface area (Å²) in [6.07, 6.45) is 0.698. The van der Waals surface area contributed by atoms with Gasteiger partial charge in [-0.05, 0) is 24.1 Å². The number of rotatable bonds is 5. The fourth-order valence-corrected chi connectivity index (χ4v) is 2.58. The minimum atomic E-state index is -1.03. The SMILES string of the molecule is CC.COc1c(CCN2CCOCC2)cc(Cl)cc1C(=O)O. The molecule has 1 N–H and O–H groups in total. The molecule has 0 aliphatic carbocycles. The summed E-state index contributed by atoms with van der Waals surface area (Å²) in [5.74, 6) is -0.632. The van der Waals surface area contributed by atoms with E-state index in [-0.39, 0.29) is 5.56 Å². The number of carboxylic acids is 1. The topological polar surface area (TPSA) is 59.0 Å². The highest BCUT2D eigenvalue weighted by atomic mass is 35.5. The Kier molecular flexibility index (Phi) is 8.24. The summed E-state index contributed by atoms with van der Waals surface area (Å²) in [7, 11) is 1.48. The maximum Gasteiger partial charge on any atom is 0.339 e. The van der Waals surface area contributed by atoms with E-state index in [0.29, 0.717) is 17.2 Å². The highest BCUT2D eigenvalue weighted by Gasteiger charge is 2.18. The molecule has 1 saturated heterocycles. The molecule has 0 spiro atoms. The van der Waals surface area contributed by atoms with Crippen LogP contribution in [0.5, 0.6) is 5.75 Å². The molecule has 1 aliphatic rings. The van der Waals surface area contributed by atoms with E-state index in [1.807, 2.05) is 13.8 Å². The molecular formula is C16H24ClNO4. The Morgan fingerprint density at radius 3 is 2.55 bits per heavy atom. The van der Waals surface area contributed by atoms with Gasteiger partial charge in [0.25, 0.3) is 0 Å². The Labute approximate surface area is 136 Å². The molecule has 1 aliphatic heterocycles. The monoisotopic (exact) mass is 329 g/mol. The van der Waals surface area contributed by atoms with Crippen molar-refractivity contribution in [3.05, 3.63) is 28.3 Å². The van der Waals surface area contributed by atoms with Crippen molar-refractivity contribution in [2.45, 2.75) is 20.3 Å². The van der Waals surface area contributed by atoms with Gasteiger partial charge in [0.1, 0.15) is 11.3 Å². The number of ether oxygens (including phenoxy) is 2. The van der Waals surface area contributed by atoms with Gasteiger partial charge in [0.15, 0.2) is 0 Å². The van der Waals surface area contributed by atoms with E-state index in [4.69, 9.17) is 21.1 Å². The second kappa shape index (κ2) is 9.66. The van der Waals surface area contributed by atoms with E-state index in [1.54, 1.807) is 6.07 Å². The van der Waals surface area contributed by atoms with E-state index < -0.39 is 5.97 Å². The third kappa shape index (κ3) is 5.16. The van der Waals surface area contributed by atoms with Gasteiger partial charge in [-0.3, -0.25) is 4.90 Å². The summed E-state index contributed by atoms with van der Waals surface area (Å²) in [6.45, 7) is 8.11. The summed E-state index contributed by atoms with van der Waals surface area (Å²) >= 11 is 5.99. The lowest BCUT2D eigenvalue weighted by molar-refractivity contribution is 0.0384. The van der Waals surface area contributed by atoms with Crippen LogP contribution in [0.15, 0.2) is 12.1 Å². The van der Waals surface area contributed by atoms with Crippen molar-refractivity contribution in [2.75, 3.05) is 40.0 Å². The molecular weight excluding hydrogens is 306 g/mol. The van der Waals surface area contributed by atoms with E-state index >= 15 is 0 Å². The van der Waals surface area contributed by atoms with Crippen molar-refractivity contribution in [2.24, 2.45) is 0 Å². The number of methoxy groups -OCH3 is 1. The Bertz CT molecular complexity index is 487. The van der Waals surface area contributed by atoms with Gasteiger partial charge in [0.2, 0.25) is 0 Å². The van der Waals surface area contributed by atoms with Crippen LogP contribution in [0.25, 0.3) is 0 Å². The van der Waals surface area contributed by atoms with E-state index in [9.17, 15) is 9.90 Å². The summed E-state index contributed by atoms with van der Waals surface area (Å²) < 4.78 is 10.6. The van der Waals surface area contributed by atoms with Crippen LogP contribution in [-0.4, -0.2) is 55.9 Å². The van der Waals surface area contributed by atoms with Gasteiger partial charge in [0, 0.05) is 24.7 Å². The number of carboxylic acid groups (broad SMARTS) is 1. The van der Waals surface area contributed by atoms with Gasteiger partial charge in [-0.15, -0.1) is 0 Å². The Morgan fingerprint density at radius 1 is 1.36 bits per heavy atom. The van der Waals surface area contributed by atoms with Crippen molar-refractivity contribution < 1.29 is 19.4 Å². The van der Waals surface area contributed by atoms with Crippen LogP contribution in [-0.2, 0) is 11.2 Å². The average Bonchev–Trinajstić information content (AvgIpc) is 2.55. The van der Waals surface area contributed by atoms with Gasteiger partial charge >= 0.3 is 5.97 Å². The molecule has 1 fully saturated rings. The van der Waals surface area contributed by atoms with Gasteiger partial charge in [-0.2, -0.15) is 0 Å². The first-order valence-electron chi connectivity index (χ1n) is 7.51. The first-order valence-corrected chi connectivity index (χ1v) is 7.89. The third-order valence-corrected chi connectivity index (χ3v) is 3.58. The van der Waals surface area contributed by atoms with Gasteiger partial charge in [0.05, 0.1) is 20.3 Å². The van der Waals surface area contributed by atoms with Gasteiger partial charge < -0.3 is 14.6 Å². The smallest absolute Gasteiger partial charge is 0.339 e. The van der Waals surface area contributed by atoms with E-state index in [2.05, 4.69) is 4.90 Å². The zero-order chi connectivity index (χ0) is 16.5. The Morgan fingerprint density at radius 2 is 2.00 bits per heavy atom. The van der Waals surface area contributed by atoms with Crippen molar-refractivity contribution in [3.8, 4) is 5.75 Å². The van der Waals surface area contributed by atoms with Crippen LogP contribution in [0.2, 0.25) is 5.02 Å². The van der Waals surface area contributed by atoms with E-state index in [1.165, 1.54) is 13.2 Å². The highest BCUT2D eigenvalue weighted by Crippen LogP contribution is 2.29. The zero-order valence-corrected chi connectivity index (χ0v) is 14.2. The summed E-state index contributed by atoms with van der Waals surface area (Å²) in [5.41, 5.74) is 0.931.